The van der Waals surface area contributed by atoms with Crippen molar-refractivity contribution in [1.29, 1.82) is 0 Å². The molecule has 2 atom stereocenters. The summed E-state index contributed by atoms with van der Waals surface area (Å²) in [6.45, 7) is 9.74. The Balaban J connectivity index is 0.000000403. The van der Waals surface area contributed by atoms with Crippen molar-refractivity contribution < 1.29 is 47.7 Å². The molecular weight excluding hydrogens is 570 g/mol. The predicted octanol–water partition coefficient (Wildman–Crippen LogP) is -0.349. The molecule has 0 bridgehead atoms. The predicted molar refractivity (Wildman–Crippen MR) is 114 cm³/mol. The van der Waals surface area contributed by atoms with E-state index in [2.05, 4.69) is 99.0 Å². The van der Waals surface area contributed by atoms with E-state index in [1.165, 1.54) is 11.1 Å². The second kappa shape index (κ2) is 11.1. The van der Waals surface area contributed by atoms with Gasteiger partial charge in [0.1, 0.15) is 0 Å². The van der Waals surface area contributed by atoms with E-state index < -0.39 is 30.5 Å². The first-order chi connectivity index (χ1) is 12.0. The summed E-state index contributed by atoms with van der Waals surface area (Å²) in [6, 6.07) is 17.8. The molecule has 2 aliphatic rings. The summed E-state index contributed by atoms with van der Waals surface area (Å²) in [7, 11) is -0.101. The molecule has 0 N–H and O–H groups in total. The fourth-order valence-corrected chi connectivity index (χ4v) is 9.04. The Hall–Kier alpha value is -0.196. The zero-order chi connectivity index (χ0) is 17.9. The van der Waals surface area contributed by atoms with Crippen molar-refractivity contribution in [2.75, 3.05) is 0 Å². The summed E-state index contributed by atoms with van der Waals surface area (Å²) >= 11 is -0.790. The minimum Gasteiger partial charge on any atom is -1.00 e. The van der Waals surface area contributed by atoms with Gasteiger partial charge in [0, 0.05) is 16.6 Å². The van der Waals surface area contributed by atoms with Crippen LogP contribution in [0.2, 0.25) is 26.2 Å². The molecule has 0 amide bonds. The van der Waals surface area contributed by atoms with E-state index in [-0.39, 0.29) is 24.8 Å². The van der Waals surface area contributed by atoms with Gasteiger partial charge in [0.25, 0.3) is 0 Å². The maximum Gasteiger partial charge on any atom is 0.0307 e. The number of hydrogen-bond acceptors (Lipinski definition) is 0. The second-order valence-electron chi connectivity index (χ2n) is 8.01. The summed E-state index contributed by atoms with van der Waals surface area (Å²) in [4.78, 5) is 0. The number of fused-ring (bicyclic) bond motifs is 2. The Morgan fingerprint density at radius 1 is 0.741 bits per heavy atom. The summed E-state index contributed by atoms with van der Waals surface area (Å²) in [5.41, 5.74) is 6.03. The molecule has 0 spiro atoms. The van der Waals surface area contributed by atoms with Crippen molar-refractivity contribution in [3.8, 4) is 0 Å². The molecule has 2 aliphatic carbocycles. The molecule has 5 heteroatoms. The third kappa shape index (κ3) is 6.67. The average molecular weight is 598 g/mol. The van der Waals surface area contributed by atoms with Crippen molar-refractivity contribution in [2.24, 2.45) is 0 Å². The van der Waals surface area contributed by atoms with Crippen LogP contribution in [0.3, 0.4) is 0 Å². The van der Waals surface area contributed by atoms with Crippen LogP contribution in [0.15, 0.2) is 60.7 Å². The third-order valence-electron chi connectivity index (χ3n) is 5.02. The molecule has 0 fully saturated rings. The van der Waals surface area contributed by atoms with Crippen molar-refractivity contribution in [3.63, 3.8) is 0 Å². The van der Waals surface area contributed by atoms with E-state index in [1.807, 2.05) is 0 Å². The van der Waals surface area contributed by atoms with E-state index in [0.29, 0.717) is 9.04 Å². The van der Waals surface area contributed by atoms with Gasteiger partial charge in [0.15, 0.2) is 0 Å². The van der Waals surface area contributed by atoms with Crippen LogP contribution in [-0.2, 0) is 22.9 Å². The number of halogens is 2. The van der Waals surface area contributed by atoms with Gasteiger partial charge in [-0.15, -0.1) is 0 Å². The molecule has 0 nitrogen and oxygen atoms in total. The molecule has 0 aromatic heterocycles. The van der Waals surface area contributed by atoms with Crippen LogP contribution < -0.4 is 24.8 Å². The molecule has 2 aromatic rings. The minimum absolute atomic E-state index is 0. The molecule has 2 unspecified atom stereocenters. The van der Waals surface area contributed by atoms with Crippen LogP contribution in [0.5, 0.6) is 0 Å². The average Bonchev–Trinajstić information content (AvgIpc) is 3.20. The summed E-state index contributed by atoms with van der Waals surface area (Å²) in [6.07, 6.45) is 9.53. The van der Waals surface area contributed by atoms with Gasteiger partial charge in [-0.2, -0.15) is 0 Å². The van der Waals surface area contributed by atoms with E-state index in [4.69, 9.17) is 0 Å². The number of rotatable bonds is 3. The van der Waals surface area contributed by atoms with Gasteiger partial charge in [-0.25, -0.2) is 0 Å². The van der Waals surface area contributed by atoms with Gasteiger partial charge in [-0.05, 0) is 0 Å². The van der Waals surface area contributed by atoms with Crippen LogP contribution >= 0.6 is 0 Å². The van der Waals surface area contributed by atoms with Crippen LogP contribution in [0.1, 0.15) is 29.6 Å². The van der Waals surface area contributed by atoms with Crippen LogP contribution in [-0.4, -0.2) is 16.6 Å². The third-order valence-corrected chi connectivity index (χ3v) is 19.7. The zero-order valence-corrected chi connectivity index (χ0v) is 24.1. The monoisotopic (exact) mass is 598 g/mol. The first-order valence-corrected chi connectivity index (χ1v) is 20.7. The summed E-state index contributed by atoms with van der Waals surface area (Å²) in [5.74, 6) is 0. The first-order valence-electron chi connectivity index (χ1n) is 9.28. The van der Waals surface area contributed by atoms with Gasteiger partial charge in [0.2, 0.25) is 0 Å². The maximum absolute atomic E-state index is 2.45. The minimum atomic E-state index is -0.790. The molecule has 0 heterocycles. The molecule has 142 valence electrons. The van der Waals surface area contributed by atoms with Crippen molar-refractivity contribution in [2.45, 2.75) is 33.5 Å². The second-order valence-corrected chi connectivity index (χ2v) is 28.0. The normalized spacial score (nSPS) is 18.7. The summed E-state index contributed by atoms with van der Waals surface area (Å²) < 4.78 is 1.52. The van der Waals surface area contributed by atoms with Gasteiger partial charge in [-0.1, -0.05) is 26.2 Å². The van der Waals surface area contributed by atoms with Crippen LogP contribution in [0.4, 0.5) is 0 Å². The SMILES string of the molecule is C1=C[CH]([Hf+2][CH]2C=Cc3ccccc32)c2ccccc21.C[SiH2][Si](C)(C)C.[Cl-].[Cl-]. The standard InChI is InChI=1S/2C9H7.C4H14Si2.2ClH.Hf/c2*1-2-5-9-7-3-6-8(9)4-1;1-5-6(2,3)4;;;/h2*1-7H;5H2,1-4H3;2*1H;/q;;;;;+2/p-2. The van der Waals surface area contributed by atoms with Gasteiger partial charge >= 0.3 is 125 Å². The largest absolute Gasteiger partial charge is 1.00 e. The maximum atomic E-state index is 2.45. The molecule has 4 rings (SSSR count). The van der Waals surface area contributed by atoms with E-state index in [1.54, 1.807) is 11.1 Å². The molecule has 0 saturated heterocycles. The fourth-order valence-electron chi connectivity index (χ4n) is 2.98. The van der Waals surface area contributed by atoms with Crippen LogP contribution in [0.25, 0.3) is 12.2 Å². The first kappa shape index (κ1) is 24.8. The molecule has 0 saturated carbocycles. The summed E-state index contributed by atoms with van der Waals surface area (Å²) in [5, 5.41) is 0. The van der Waals surface area contributed by atoms with Crippen molar-refractivity contribution in [3.05, 3.63) is 82.9 Å². The Morgan fingerprint density at radius 2 is 1.11 bits per heavy atom. The zero-order valence-electron chi connectivity index (χ0n) is 16.5. The molecule has 0 radical (unpaired) electrons. The number of allylic oxidation sites excluding steroid dienone is 2. The number of hydrogen-bond donors (Lipinski definition) is 0. The van der Waals surface area contributed by atoms with E-state index in [0.717, 1.165) is 7.35 Å². The molecule has 2 aromatic carbocycles. The van der Waals surface area contributed by atoms with Crippen LogP contribution in [0, 0.1) is 0 Å². The topological polar surface area (TPSA) is 0 Å². The molecule has 0 aliphatic heterocycles. The number of benzene rings is 2. The fraction of sp³-hybridized carbons (Fsp3) is 0.273. The van der Waals surface area contributed by atoms with Gasteiger partial charge in [0.05, 0.1) is 0 Å². The Labute approximate surface area is 191 Å². The van der Waals surface area contributed by atoms with Crippen molar-refractivity contribution >= 4 is 28.8 Å². The Morgan fingerprint density at radius 3 is 1.48 bits per heavy atom. The van der Waals surface area contributed by atoms with E-state index in [9.17, 15) is 0 Å². The van der Waals surface area contributed by atoms with Crippen molar-refractivity contribution in [1.82, 2.24) is 0 Å². The van der Waals surface area contributed by atoms with Gasteiger partial charge in [-0.3, -0.25) is 0 Å². The molecule has 27 heavy (non-hydrogen) atoms. The van der Waals surface area contributed by atoms with Gasteiger partial charge < -0.3 is 24.8 Å². The quantitative estimate of drug-likeness (QED) is 0.425. The Bertz CT molecular complexity index is 737. The van der Waals surface area contributed by atoms with E-state index >= 15 is 0 Å². The smallest absolute Gasteiger partial charge is 0.0307 e. The Kier molecular flexibility index (Phi) is 10.2. The molecular formula is C22H28Cl2HfSi2.